The average molecular weight is 400 g/mol. The normalized spacial score (nSPS) is 18.0. The van der Waals surface area contributed by atoms with Gasteiger partial charge in [0.25, 0.3) is 5.56 Å². The Morgan fingerprint density at radius 2 is 2.03 bits per heavy atom. The number of rotatable bonds is 4. The second-order valence-corrected chi connectivity index (χ2v) is 8.71. The number of phenols is 1. The molecule has 8 nitrogen and oxygen atoms in total. The van der Waals surface area contributed by atoms with Gasteiger partial charge in [0.2, 0.25) is 5.91 Å². The summed E-state index contributed by atoms with van der Waals surface area (Å²) in [7, 11) is 0. The minimum absolute atomic E-state index is 0.180. The van der Waals surface area contributed by atoms with Crippen LogP contribution in [0.3, 0.4) is 0 Å². The van der Waals surface area contributed by atoms with Crippen molar-refractivity contribution in [1.29, 1.82) is 0 Å². The number of nitrogens with one attached hydrogen (secondary N) is 1. The molecule has 8 heteroatoms. The number of primary amides is 1. The standard InChI is InChI=1S/C21H28N4O4/c1-21(2,3)16-10-15(25-8-6-17(26)23-20(25)29)9-14(18(16)27)12-24-7-4-5-13(11-24)19(22)28/h6,8-10,13,27H,4-5,7,11-12H2,1-3H3,(H2,22,28)(H,23,26,29). The number of piperidine rings is 1. The lowest BCUT2D eigenvalue weighted by Gasteiger charge is -2.32. The van der Waals surface area contributed by atoms with Gasteiger partial charge in [-0.1, -0.05) is 20.8 Å². The average Bonchev–Trinajstić information content (AvgIpc) is 2.63. The van der Waals surface area contributed by atoms with Crippen LogP contribution < -0.4 is 17.0 Å². The Bertz CT molecular complexity index is 1030. The minimum Gasteiger partial charge on any atom is -0.507 e. The number of aromatic hydroxyl groups is 1. The Kier molecular flexibility index (Phi) is 5.66. The number of hydrogen-bond acceptors (Lipinski definition) is 5. The van der Waals surface area contributed by atoms with Crippen LogP contribution in [-0.2, 0) is 16.8 Å². The Labute approximate surface area is 169 Å². The summed E-state index contributed by atoms with van der Waals surface area (Å²) in [4.78, 5) is 39.6. The maximum atomic E-state index is 12.3. The summed E-state index contributed by atoms with van der Waals surface area (Å²) in [6.45, 7) is 7.73. The van der Waals surface area contributed by atoms with Gasteiger partial charge >= 0.3 is 5.69 Å². The van der Waals surface area contributed by atoms with Crippen molar-refractivity contribution in [2.24, 2.45) is 11.7 Å². The molecule has 1 aliphatic heterocycles. The van der Waals surface area contributed by atoms with Crippen molar-refractivity contribution in [3.63, 3.8) is 0 Å². The molecular weight excluding hydrogens is 372 g/mol. The van der Waals surface area contributed by atoms with Gasteiger partial charge in [-0.3, -0.25) is 24.0 Å². The van der Waals surface area contributed by atoms with Crippen LogP contribution in [0.5, 0.6) is 5.75 Å². The van der Waals surface area contributed by atoms with Crippen molar-refractivity contribution in [3.05, 3.63) is 56.4 Å². The van der Waals surface area contributed by atoms with E-state index in [2.05, 4.69) is 9.88 Å². The summed E-state index contributed by atoms with van der Waals surface area (Å²) >= 11 is 0. The van der Waals surface area contributed by atoms with Gasteiger partial charge < -0.3 is 10.8 Å². The van der Waals surface area contributed by atoms with Gasteiger partial charge in [-0.25, -0.2) is 4.79 Å². The number of nitrogens with zero attached hydrogens (tertiary/aromatic N) is 2. The van der Waals surface area contributed by atoms with Gasteiger partial charge in [-0.05, 0) is 36.9 Å². The third-order valence-corrected chi connectivity index (χ3v) is 5.39. The molecule has 2 aromatic rings. The van der Waals surface area contributed by atoms with Crippen LogP contribution in [0.1, 0.15) is 44.7 Å². The fourth-order valence-electron chi connectivity index (χ4n) is 3.80. The number of amides is 1. The zero-order chi connectivity index (χ0) is 21.3. The van der Waals surface area contributed by atoms with Gasteiger partial charge in [0, 0.05) is 36.5 Å². The number of aromatic amines is 1. The van der Waals surface area contributed by atoms with E-state index in [-0.39, 0.29) is 23.0 Å². The zero-order valence-electron chi connectivity index (χ0n) is 17.1. The first-order valence-corrected chi connectivity index (χ1v) is 9.76. The maximum absolute atomic E-state index is 12.3. The largest absolute Gasteiger partial charge is 0.507 e. The summed E-state index contributed by atoms with van der Waals surface area (Å²) in [5.74, 6) is -0.319. The number of carbonyl (C=O) groups is 1. The molecule has 2 heterocycles. The van der Waals surface area contributed by atoms with Crippen molar-refractivity contribution in [2.75, 3.05) is 13.1 Å². The number of hydrogen-bond donors (Lipinski definition) is 3. The van der Waals surface area contributed by atoms with Crippen LogP contribution in [0.25, 0.3) is 5.69 Å². The highest BCUT2D eigenvalue weighted by Gasteiger charge is 2.27. The van der Waals surface area contributed by atoms with Gasteiger partial charge in [-0.2, -0.15) is 0 Å². The fourth-order valence-corrected chi connectivity index (χ4v) is 3.80. The molecule has 0 radical (unpaired) electrons. The Morgan fingerprint density at radius 3 is 2.66 bits per heavy atom. The highest BCUT2D eigenvalue weighted by Crippen LogP contribution is 2.36. The Hall–Kier alpha value is -2.87. The molecule has 1 atom stereocenters. The molecule has 156 valence electrons. The van der Waals surface area contributed by atoms with E-state index in [1.54, 1.807) is 12.1 Å². The number of carbonyl (C=O) groups excluding carboxylic acids is 1. The molecule has 1 aromatic carbocycles. The van der Waals surface area contributed by atoms with Crippen molar-refractivity contribution >= 4 is 5.91 Å². The van der Waals surface area contributed by atoms with Crippen LogP contribution in [0.15, 0.2) is 34.0 Å². The lowest BCUT2D eigenvalue weighted by molar-refractivity contribution is -0.123. The van der Waals surface area contributed by atoms with E-state index < -0.39 is 11.2 Å². The molecule has 0 bridgehead atoms. The van der Waals surface area contributed by atoms with E-state index in [9.17, 15) is 19.5 Å². The van der Waals surface area contributed by atoms with Crippen molar-refractivity contribution < 1.29 is 9.90 Å². The van der Waals surface area contributed by atoms with Crippen molar-refractivity contribution in [1.82, 2.24) is 14.5 Å². The first-order chi connectivity index (χ1) is 13.6. The number of likely N-dealkylation sites (tertiary alicyclic amines) is 1. The quantitative estimate of drug-likeness (QED) is 0.713. The zero-order valence-corrected chi connectivity index (χ0v) is 17.1. The van der Waals surface area contributed by atoms with Crippen molar-refractivity contribution in [3.8, 4) is 11.4 Å². The molecule has 4 N–H and O–H groups in total. The molecule has 1 saturated heterocycles. The summed E-state index contributed by atoms with van der Waals surface area (Å²) in [6.07, 6.45) is 3.06. The molecular formula is C21H28N4O4. The second-order valence-electron chi connectivity index (χ2n) is 8.71. The van der Waals surface area contributed by atoms with E-state index in [0.29, 0.717) is 29.9 Å². The van der Waals surface area contributed by atoms with Crippen LogP contribution >= 0.6 is 0 Å². The highest BCUT2D eigenvalue weighted by atomic mass is 16.3. The molecule has 1 fully saturated rings. The lowest BCUT2D eigenvalue weighted by Crippen LogP contribution is -2.40. The molecule has 0 aliphatic carbocycles. The molecule has 29 heavy (non-hydrogen) atoms. The second kappa shape index (κ2) is 7.87. The number of aromatic nitrogens is 2. The van der Waals surface area contributed by atoms with Crippen LogP contribution in [0.2, 0.25) is 0 Å². The third kappa shape index (κ3) is 4.59. The summed E-state index contributed by atoms with van der Waals surface area (Å²) < 4.78 is 1.35. The number of phenolic OH excluding ortho intramolecular Hbond substituents is 1. The minimum atomic E-state index is -0.541. The molecule has 0 saturated carbocycles. The number of nitrogens with two attached hydrogens (primary N) is 1. The summed E-state index contributed by atoms with van der Waals surface area (Å²) in [5, 5.41) is 11.0. The summed E-state index contributed by atoms with van der Waals surface area (Å²) in [6, 6.07) is 4.80. The van der Waals surface area contributed by atoms with E-state index in [4.69, 9.17) is 5.73 Å². The lowest BCUT2D eigenvalue weighted by atomic mass is 9.84. The third-order valence-electron chi connectivity index (χ3n) is 5.39. The monoisotopic (exact) mass is 400 g/mol. The van der Waals surface area contributed by atoms with Crippen LogP contribution in [-0.4, -0.2) is 38.6 Å². The van der Waals surface area contributed by atoms with Gasteiger partial charge in [0.1, 0.15) is 5.75 Å². The van der Waals surface area contributed by atoms with E-state index in [0.717, 1.165) is 19.4 Å². The molecule has 1 unspecified atom stereocenters. The van der Waals surface area contributed by atoms with Gasteiger partial charge in [0.15, 0.2) is 0 Å². The van der Waals surface area contributed by atoms with E-state index in [1.807, 2.05) is 20.8 Å². The summed E-state index contributed by atoms with van der Waals surface area (Å²) in [5.41, 5.74) is 6.04. The van der Waals surface area contributed by atoms with E-state index in [1.165, 1.54) is 16.8 Å². The van der Waals surface area contributed by atoms with Gasteiger partial charge in [-0.15, -0.1) is 0 Å². The topological polar surface area (TPSA) is 121 Å². The molecule has 0 spiro atoms. The molecule has 1 amide bonds. The molecule has 3 rings (SSSR count). The van der Waals surface area contributed by atoms with Crippen molar-refractivity contribution in [2.45, 2.75) is 45.6 Å². The highest BCUT2D eigenvalue weighted by molar-refractivity contribution is 5.76. The SMILES string of the molecule is CC(C)(C)c1cc(-n2ccc(=O)[nH]c2=O)cc(CN2CCCC(C(N)=O)C2)c1O. The van der Waals surface area contributed by atoms with E-state index >= 15 is 0 Å². The maximum Gasteiger partial charge on any atom is 0.332 e. The predicted molar refractivity (Wildman–Crippen MR) is 110 cm³/mol. The first-order valence-electron chi connectivity index (χ1n) is 9.76. The molecule has 1 aliphatic rings. The fraction of sp³-hybridized carbons (Fsp3) is 0.476. The Balaban J connectivity index is 2.05. The Morgan fingerprint density at radius 1 is 1.31 bits per heavy atom. The number of H-pyrrole nitrogens is 1. The number of benzene rings is 1. The van der Waals surface area contributed by atoms with Gasteiger partial charge in [0.05, 0.1) is 11.6 Å². The molecule has 1 aromatic heterocycles. The smallest absolute Gasteiger partial charge is 0.332 e. The predicted octanol–water partition coefficient (Wildman–Crippen LogP) is 1.23. The van der Waals surface area contributed by atoms with Crippen LogP contribution in [0.4, 0.5) is 0 Å². The first kappa shape index (κ1) is 20.9. The van der Waals surface area contributed by atoms with Crippen LogP contribution in [0, 0.1) is 5.92 Å².